The number of ether oxygens (including phenoxy) is 1. The van der Waals surface area contributed by atoms with Crippen LogP contribution in [0.3, 0.4) is 0 Å². The smallest absolute Gasteiger partial charge is 0.324 e. The van der Waals surface area contributed by atoms with Crippen molar-refractivity contribution in [1.82, 2.24) is 19.7 Å². The lowest BCUT2D eigenvalue weighted by Crippen LogP contribution is -2.41. The Kier molecular flexibility index (Phi) is 5.95. The van der Waals surface area contributed by atoms with Crippen LogP contribution in [0.2, 0.25) is 0 Å². The highest BCUT2D eigenvalue weighted by molar-refractivity contribution is 6.03. The first-order valence-electron chi connectivity index (χ1n) is 10.5. The zero-order valence-corrected chi connectivity index (χ0v) is 19.2. The predicted octanol–water partition coefficient (Wildman–Crippen LogP) is 4.91. The predicted molar refractivity (Wildman–Crippen MR) is 125 cm³/mol. The van der Waals surface area contributed by atoms with E-state index < -0.39 is 17.4 Å². The molecule has 7 nitrogen and oxygen atoms in total. The zero-order valence-electron chi connectivity index (χ0n) is 19.2. The number of carbonyl (C=O) groups excluding carboxylic acids is 1. The van der Waals surface area contributed by atoms with E-state index in [2.05, 4.69) is 20.1 Å². The SMILES string of the molecule is COc1ccc([C@@](C)(C(C)=NC(=O)C(C)(F)F)n2ncc3cc(-c4cnccn4)ccc32)cc1. The molecule has 0 saturated carbocycles. The van der Waals surface area contributed by atoms with E-state index in [0.717, 1.165) is 16.5 Å². The van der Waals surface area contributed by atoms with Crippen LogP contribution >= 0.6 is 0 Å². The molecule has 0 aliphatic rings. The molecule has 174 valence electrons. The molecule has 0 fully saturated rings. The van der Waals surface area contributed by atoms with E-state index in [4.69, 9.17) is 4.74 Å². The van der Waals surface area contributed by atoms with Gasteiger partial charge in [-0.05, 0) is 43.7 Å². The number of amides is 1. The minimum atomic E-state index is -3.58. The first-order chi connectivity index (χ1) is 16.1. The maximum atomic E-state index is 13.7. The molecule has 4 rings (SSSR count). The summed E-state index contributed by atoms with van der Waals surface area (Å²) in [6.07, 6.45) is 6.56. The summed E-state index contributed by atoms with van der Waals surface area (Å²) < 4.78 is 34.3. The van der Waals surface area contributed by atoms with Crippen LogP contribution in [0.1, 0.15) is 26.3 Å². The monoisotopic (exact) mass is 463 g/mol. The van der Waals surface area contributed by atoms with Gasteiger partial charge >= 0.3 is 11.8 Å². The van der Waals surface area contributed by atoms with Crippen LogP contribution in [0.4, 0.5) is 8.78 Å². The number of rotatable bonds is 6. The number of hydrogen-bond acceptors (Lipinski definition) is 5. The number of fused-ring (bicyclic) bond motifs is 1. The van der Waals surface area contributed by atoms with Gasteiger partial charge in [-0.15, -0.1) is 0 Å². The van der Waals surface area contributed by atoms with Gasteiger partial charge in [0.05, 0.1) is 36.4 Å². The maximum Gasteiger partial charge on any atom is 0.324 e. The maximum absolute atomic E-state index is 13.7. The van der Waals surface area contributed by atoms with Crippen LogP contribution in [0.5, 0.6) is 5.75 Å². The molecule has 9 heteroatoms. The van der Waals surface area contributed by atoms with Crippen LogP contribution in [0.15, 0.2) is 72.2 Å². The number of hydrogen-bond donors (Lipinski definition) is 0. The number of carbonyl (C=O) groups is 1. The summed E-state index contributed by atoms with van der Waals surface area (Å²) in [6, 6.07) is 12.8. The second-order valence-corrected chi connectivity index (χ2v) is 8.11. The third-order valence-electron chi connectivity index (χ3n) is 5.85. The van der Waals surface area contributed by atoms with Gasteiger partial charge in [0.15, 0.2) is 0 Å². The van der Waals surface area contributed by atoms with Crippen molar-refractivity contribution in [3.05, 3.63) is 72.8 Å². The van der Waals surface area contributed by atoms with Crippen molar-refractivity contribution in [2.75, 3.05) is 7.11 Å². The van der Waals surface area contributed by atoms with E-state index in [1.807, 2.05) is 18.2 Å². The third-order valence-corrected chi connectivity index (χ3v) is 5.85. The lowest BCUT2D eigenvalue weighted by Gasteiger charge is -2.32. The van der Waals surface area contributed by atoms with Crippen LogP contribution < -0.4 is 4.74 Å². The third kappa shape index (κ3) is 4.16. The minimum Gasteiger partial charge on any atom is -0.497 e. The molecule has 0 aliphatic carbocycles. The normalized spacial score (nSPS) is 14.1. The lowest BCUT2D eigenvalue weighted by molar-refractivity contribution is -0.139. The van der Waals surface area contributed by atoms with Crippen molar-refractivity contribution in [3.63, 3.8) is 0 Å². The van der Waals surface area contributed by atoms with E-state index in [1.54, 1.807) is 74.7 Å². The Labute approximate surface area is 195 Å². The van der Waals surface area contributed by atoms with Crippen molar-refractivity contribution in [2.24, 2.45) is 4.99 Å². The Morgan fingerprint density at radius 2 is 1.79 bits per heavy atom. The van der Waals surface area contributed by atoms with Crippen molar-refractivity contribution in [1.29, 1.82) is 0 Å². The molecule has 0 N–H and O–H groups in total. The van der Waals surface area contributed by atoms with E-state index in [-0.39, 0.29) is 5.71 Å². The topological polar surface area (TPSA) is 82.3 Å². The second kappa shape index (κ2) is 8.74. The number of nitrogens with zero attached hydrogens (tertiary/aromatic N) is 5. The highest BCUT2D eigenvalue weighted by atomic mass is 19.3. The van der Waals surface area contributed by atoms with Crippen molar-refractivity contribution >= 4 is 22.5 Å². The quantitative estimate of drug-likeness (QED) is 0.380. The summed E-state index contributed by atoms with van der Waals surface area (Å²) in [7, 11) is 1.55. The first kappa shape index (κ1) is 23.2. The van der Waals surface area contributed by atoms with Gasteiger partial charge in [0.2, 0.25) is 0 Å². The fraction of sp³-hybridized carbons (Fsp3) is 0.240. The number of methoxy groups -OCH3 is 1. The number of alkyl halides is 2. The van der Waals surface area contributed by atoms with Crippen LogP contribution in [0, 0.1) is 0 Å². The number of aromatic nitrogens is 4. The minimum absolute atomic E-state index is 0.173. The fourth-order valence-corrected chi connectivity index (χ4v) is 3.76. The average molecular weight is 463 g/mol. The van der Waals surface area contributed by atoms with Crippen LogP contribution in [0.25, 0.3) is 22.2 Å². The summed E-state index contributed by atoms with van der Waals surface area (Å²) in [5.74, 6) is -4.46. The summed E-state index contributed by atoms with van der Waals surface area (Å²) >= 11 is 0. The fourth-order valence-electron chi connectivity index (χ4n) is 3.76. The van der Waals surface area contributed by atoms with Gasteiger partial charge in [-0.25, -0.2) is 9.67 Å². The molecule has 2 aromatic heterocycles. The van der Waals surface area contributed by atoms with Crippen LogP contribution in [-0.2, 0) is 10.3 Å². The number of aliphatic imine (C=N–C) groups is 1. The molecule has 0 radical (unpaired) electrons. The van der Waals surface area contributed by atoms with Crippen molar-refractivity contribution in [3.8, 4) is 17.0 Å². The Morgan fingerprint density at radius 3 is 2.41 bits per heavy atom. The van der Waals surface area contributed by atoms with E-state index in [0.29, 0.717) is 23.9 Å². The molecule has 1 amide bonds. The highest BCUT2D eigenvalue weighted by Crippen LogP contribution is 2.34. The van der Waals surface area contributed by atoms with Gasteiger partial charge < -0.3 is 4.74 Å². The Bertz CT molecular complexity index is 1360. The molecule has 0 spiro atoms. The average Bonchev–Trinajstić information content (AvgIpc) is 3.27. The number of benzene rings is 2. The van der Waals surface area contributed by atoms with Crippen molar-refractivity contribution in [2.45, 2.75) is 32.2 Å². The van der Waals surface area contributed by atoms with Crippen LogP contribution in [-0.4, -0.2) is 44.4 Å². The van der Waals surface area contributed by atoms with Gasteiger partial charge in [-0.2, -0.15) is 13.9 Å². The molecule has 4 aromatic rings. The zero-order chi connectivity index (χ0) is 24.5. The number of halogens is 2. The van der Waals surface area contributed by atoms with Gasteiger partial charge in [-0.3, -0.25) is 14.8 Å². The summed E-state index contributed by atoms with van der Waals surface area (Å²) in [5, 5.41) is 5.39. The molecule has 0 bridgehead atoms. The van der Waals surface area contributed by atoms with Gasteiger partial charge in [0.1, 0.15) is 11.3 Å². The molecule has 2 heterocycles. The Balaban J connectivity index is 1.89. The van der Waals surface area contributed by atoms with Gasteiger partial charge in [-0.1, -0.05) is 18.2 Å². The van der Waals surface area contributed by atoms with Gasteiger partial charge in [0, 0.05) is 30.3 Å². The molecule has 1 atom stereocenters. The van der Waals surface area contributed by atoms with E-state index in [1.165, 1.54) is 0 Å². The summed E-state index contributed by atoms with van der Waals surface area (Å²) in [4.78, 5) is 24.3. The molecular weight excluding hydrogens is 440 g/mol. The molecule has 2 aromatic carbocycles. The molecule has 0 unspecified atom stereocenters. The second-order valence-electron chi connectivity index (χ2n) is 8.11. The summed E-state index contributed by atoms with van der Waals surface area (Å²) in [5.41, 5.74) is 2.04. The van der Waals surface area contributed by atoms with E-state index in [9.17, 15) is 13.6 Å². The molecular formula is C25H23F2N5O2. The Hall–Kier alpha value is -4.01. The molecule has 0 aliphatic heterocycles. The Morgan fingerprint density at radius 1 is 1.06 bits per heavy atom. The largest absolute Gasteiger partial charge is 0.497 e. The lowest BCUT2D eigenvalue weighted by atomic mass is 9.87. The molecule has 34 heavy (non-hydrogen) atoms. The summed E-state index contributed by atoms with van der Waals surface area (Å²) in [6.45, 7) is 3.88. The highest BCUT2D eigenvalue weighted by Gasteiger charge is 2.38. The first-order valence-corrected chi connectivity index (χ1v) is 10.5. The van der Waals surface area contributed by atoms with Crippen molar-refractivity contribution < 1.29 is 18.3 Å². The standard InChI is InChI=1S/C25H23F2N5O2/c1-16(31-23(33)25(3,26)27)24(2,19-6-8-20(34-4)9-7-19)32-22-10-5-17(13-18(22)14-30-32)21-15-28-11-12-29-21/h5-15H,1-4H3/t24-/m1/s1. The van der Waals surface area contributed by atoms with E-state index >= 15 is 0 Å². The van der Waals surface area contributed by atoms with Gasteiger partial charge in [0.25, 0.3) is 0 Å². The molecule has 0 saturated heterocycles.